The molecule has 0 radical (unpaired) electrons. The molecule has 0 aromatic heterocycles. The summed E-state index contributed by atoms with van der Waals surface area (Å²) in [5, 5.41) is 8.36. The van der Waals surface area contributed by atoms with Crippen LogP contribution < -0.4 is 15.4 Å². The van der Waals surface area contributed by atoms with Crippen LogP contribution in [0, 0.1) is 19.8 Å². The van der Waals surface area contributed by atoms with E-state index in [1.807, 2.05) is 11.9 Å². The van der Waals surface area contributed by atoms with Crippen LogP contribution in [0.15, 0.2) is 48.5 Å². The third-order valence-electron chi connectivity index (χ3n) is 8.93. The molecule has 6 rings (SSSR count). The molecule has 2 aromatic carbocycles. The maximum absolute atomic E-state index is 7.01. The van der Waals surface area contributed by atoms with Gasteiger partial charge in [-0.15, -0.1) is 0 Å². The first-order valence-electron chi connectivity index (χ1n) is 14.7. The number of rotatable bonds is 3. The van der Waals surface area contributed by atoms with Crippen molar-refractivity contribution >= 4 is 11.9 Å². The molecule has 3 N–H and O–H groups in total. The monoisotopic (exact) mass is 535 g/mol. The fraction of sp³-hybridized carbons (Fsp3) is 0.613. The molecule has 3 aliphatic heterocycles. The van der Waals surface area contributed by atoms with E-state index < -0.39 is 0 Å². The summed E-state index contributed by atoms with van der Waals surface area (Å²) in [4.78, 5) is 5.34. The Bertz CT molecular complexity index is 1030. The highest BCUT2D eigenvalue weighted by atomic mass is 32.2. The summed E-state index contributed by atoms with van der Waals surface area (Å²) in [5.41, 5.74) is 5.53. The van der Waals surface area contributed by atoms with Gasteiger partial charge < -0.3 is 4.74 Å². The van der Waals surface area contributed by atoms with Crippen molar-refractivity contribution in [1.82, 2.24) is 25.2 Å². The smallest absolute Gasteiger partial charge is 0.123 e. The molecular formula is C31H45N5OS. The molecule has 4 aliphatic rings. The van der Waals surface area contributed by atoms with Crippen molar-refractivity contribution in [3.8, 4) is 0 Å². The van der Waals surface area contributed by atoms with Crippen molar-refractivity contribution in [3.05, 3.63) is 70.8 Å². The molecule has 1 saturated carbocycles. The van der Waals surface area contributed by atoms with Crippen LogP contribution in [0.1, 0.15) is 60.4 Å². The van der Waals surface area contributed by atoms with Crippen molar-refractivity contribution in [3.63, 3.8) is 0 Å². The van der Waals surface area contributed by atoms with E-state index in [1.54, 1.807) is 0 Å². The Balaban J connectivity index is 1.25. The average Bonchev–Trinajstić information content (AvgIpc) is 3.09. The Labute approximate surface area is 233 Å². The van der Waals surface area contributed by atoms with Crippen molar-refractivity contribution in [2.24, 2.45) is 5.92 Å². The number of hydrogen-bond donors (Lipinski definition) is 3. The van der Waals surface area contributed by atoms with Crippen molar-refractivity contribution in [2.45, 2.75) is 82.4 Å². The van der Waals surface area contributed by atoms with E-state index in [4.69, 9.17) is 4.74 Å². The lowest BCUT2D eigenvalue weighted by atomic mass is 9.88. The minimum absolute atomic E-state index is 0.00186. The summed E-state index contributed by atoms with van der Waals surface area (Å²) >= 11 is 1.95. The Hall–Kier alpha value is -1.45. The molecule has 7 heteroatoms. The predicted octanol–water partition coefficient (Wildman–Crippen LogP) is 4.55. The second-order valence-corrected chi connectivity index (χ2v) is 13.1. The van der Waals surface area contributed by atoms with Crippen LogP contribution in [0.25, 0.3) is 0 Å². The largest absolute Gasteiger partial charge is 0.357 e. The quantitative estimate of drug-likeness (QED) is 0.499. The number of aryl methyl sites for hydroxylation is 2. The highest BCUT2D eigenvalue weighted by Gasteiger charge is 2.35. The zero-order valence-electron chi connectivity index (χ0n) is 23.1. The van der Waals surface area contributed by atoms with Gasteiger partial charge in [-0.3, -0.25) is 20.4 Å². The van der Waals surface area contributed by atoms with Gasteiger partial charge in [0.05, 0.1) is 6.10 Å². The summed E-state index contributed by atoms with van der Waals surface area (Å²) < 4.78 is 10.8. The third kappa shape index (κ3) is 6.64. The first-order valence-corrected chi connectivity index (χ1v) is 15.6. The second kappa shape index (κ2) is 12.4. The van der Waals surface area contributed by atoms with Gasteiger partial charge in [-0.1, -0.05) is 66.9 Å². The van der Waals surface area contributed by atoms with Crippen LogP contribution in [-0.4, -0.2) is 66.4 Å². The molecule has 6 bridgehead atoms. The molecule has 1 aliphatic carbocycles. The second-order valence-electron chi connectivity index (χ2n) is 12.0. The summed E-state index contributed by atoms with van der Waals surface area (Å²) in [6.45, 7) is 10.9. The van der Waals surface area contributed by atoms with Crippen molar-refractivity contribution in [2.75, 3.05) is 32.7 Å². The normalized spacial score (nSPS) is 34.8. The number of nitrogens with one attached hydrogen (secondary N) is 3. The highest BCUT2D eigenvalue weighted by molar-refractivity contribution is 7.98. The van der Waals surface area contributed by atoms with Crippen molar-refractivity contribution < 1.29 is 4.74 Å². The Morgan fingerprint density at radius 2 is 1.74 bits per heavy atom. The SMILES string of the molecule is Cc1cccc(C)c1C1CC2NC(NSC3CCCC(C3)CN3CCN(Cc4ccccc4)C[C@H](C3)O2)N1. The van der Waals surface area contributed by atoms with Crippen LogP contribution in [0.3, 0.4) is 0 Å². The van der Waals surface area contributed by atoms with Crippen LogP contribution >= 0.6 is 11.9 Å². The molecule has 4 fully saturated rings. The Kier molecular flexibility index (Phi) is 8.72. The molecule has 3 heterocycles. The van der Waals surface area contributed by atoms with Crippen LogP contribution in [0.2, 0.25) is 0 Å². The molecule has 6 unspecified atom stereocenters. The van der Waals surface area contributed by atoms with Gasteiger partial charge in [-0.05, 0) is 61.3 Å². The summed E-state index contributed by atoms with van der Waals surface area (Å²) in [5.74, 6) is 0.785. The number of hydrogen-bond acceptors (Lipinski definition) is 7. The number of nitrogens with zero attached hydrogens (tertiary/aromatic N) is 2. The van der Waals surface area contributed by atoms with E-state index in [0.29, 0.717) is 5.25 Å². The summed E-state index contributed by atoms with van der Waals surface area (Å²) in [7, 11) is 0. The fourth-order valence-corrected chi connectivity index (χ4v) is 8.26. The van der Waals surface area contributed by atoms with Crippen LogP contribution in [0.4, 0.5) is 0 Å². The van der Waals surface area contributed by atoms with Gasteiger partial charge in [0, 0.05) is 57.0 Å². The molecular weight excluding hydrogens is 490 g/mol. The van der Waals surface area contributed by atoms with E-state index in [9.17, 15) is 0 Å². The van der Waals surface area contributed by atoms with Gasteiger partial charge in [0.2, 0.25) is 0 Å². The lowest BCUT2D eigenvalue weighted by Crippen LogP contribution is -2.61. The van der Waals surface area contributed by atoms with Gasteiger partial charge in [-0.2, -0.15) is 0 Å². The molecule has 0 spiro atoms. The number of fused-ring (bicyclic) bond motifs is 6. The van der Waals surface area contributed by atoms with E-state index in [0.717, 1.165) is 45.1 Å². The standard InChI is InChI=1S/C31H45N5OS/c1-22-8-6-9-23(2)30(22)28-17-29-33-31(32-28)34-38-27-13-7-12-25(16-27)19-36-15-14-35(20-26(21-36)37-29)18-24-10-4-3-5-11-24/h3-6,8-11,25-29,31-34H,7,12-21H2,1-2H3/t25?,26-,27?,28?,29?,31?/m1/s1. The molecule has 7 atom stereocenters. The zero-order chi connectivity index (χ0) is 25.9. The van der Waals surface area contributed by atoms with E-state index in [2.05, 4.69) is 87.5 Å². The predicted molar refractivity (Wildman–Crippen MR) is 157 cm³/mol. The van der Waals surface area contributed by atoms with Gasteiger partial charge >= 0.3 is 0 Å². The first-order chi connectivity index (χ1) is 18.6. The molecule has 6 nitrogen and oxygen atoms in total. The Morgan fingerprint density at radius 1 is 0.895 bits per heavy atom. The lowest BCUT2D eigenvalue weighted by molar-refractivity contribution is -0.0761. The zero-order valence-corrected chi connectivity index (χ0v) is 23.9. The molecule has 3 saturated heterocycles. The van der Waals surface area contributed by atoms with Gasteiger partial charge in [0.1, 0.15) is 12.5 Å². The number of ether oxygens (including phenoxy) is 1. The maximum atomic E-state index is 7.01. The minimum Gasteiger partial charge on any atom is -0.357 e. The van der Waals surface area contributed by atoms with Crippen molar-refractivity contribution in [1.29, 1.82) is 0 Å². The number of benzene rings is 2. The van der Waals surface area contributed by atoms with E-state index in [-0.39, 0.29) is 24.7 Å². The summed E-state index contributed by atoms with van der Waals surface area (Å²) in [6.07, 6.45) is 6.46. The topological polar surface area (TPSA) is 51.8 Å². The molecule has 38 heavy (non-hydrogen) atoms. The average molecular weight is 536 g/mol. The van der Waals surface area contributed by atoms with Crippen LogP contribution in [0.5, 0.6) is 0 Å². The maximum Gasteiger partial charge on any atom is 0.123 e. The fourth-order valence-electron chi connectivity index (χ4n) is 7.14. The van der Waals surface area contributed by atoms with E-state index >= 15 is 0 Å². The molecule has 206 valence electrons. The third-order valence-corrected chi connectivity index (χ3v) is 10.1. The van der Waals surface area contributed by atoms with Gasteiger partial charge in [0.15, 0.2) is 0 Å². The molecule has 0 amide bonds. The molecule has 2 aromatic rings. The highest BCUT2D eigenvalue weighted by Crippen LogP contribution is 2.34. The van der Waals surface area contributed by atoms with Gasteiger partial charge in [0.25, 0.3) is 0 Å². The Morgan fingerprint density at radius 3 is 2.58 bits per heavy atom. The van der Waals surface area contributed by atoms with Gasteiger partial charge in [-0.25, -0.2) is 4.72 Å². The lowest BCUT2D eigenvalue weighted by Gasteiger charge is -2.40. The summed E-state index contributed by atoms with van der Waals surface area (Å²) in [6, 6.07) is 17.8. The minimum atomic E-state index is 0.00186. The van der Waals surface area contributed by atoms with Crippen LogP contribution in [-0.2, 0) is 11.3 Å². The van der Waals surface area contributed by atoms with E-state index in [1.165, 1.54) is 54.5 Å². The first kappa shape index (κ1) is 26.8.